The Labute approximate surface area is 127 Å². The molecule has 0 saturated heterocycles. The van der Waals surface area contributed by atoms with E-state index in [0.717, 1.165) is 5.56 Å². The average molecular weight is 310 g/mol. The number of halogens is 2. The molecule has 1 N–H and O–H groups in total. The van der Waals surface area contributed by atoms with E-state index in [9.17, 15) is 4.79 Å². The molecule has 1 aromatic carbocycles. The Morgan fingerprint density at radius 3 is 2.60 bits per heavy atom. The van der Waals surface area contributed by atoms with Gasteiger partial charge in [0.1, 0.15) is 16.8 Å². The molecular formula is C14H13Cl2N3O. The molecule has 0 aliphatic heterocycles. The smallest absolute Gasteiger partial charge is 0.156 e. The summed E-state index contributed by atoms with van der Waals surface area (Å²) in [6.45, 7) is 3.65. The van der Waals surface area contributed by atoms with Crippen LogP contribution < -0.4 is 5.32 Å². The minimum absolute atomic E-state index is 0.118. The van der Waals surface area contributed by atoms with Crippen LogP contribution in [0.15, 0.2) is 24.3 Å². The van der Waals surface area contributed by atoms with Crippen molar-refractivity contribution in [3.05, 3.63) is 51.4 Å². The number of nitrogens with zero attached hydrogens (tertiary/aromatic N) is 2. The summed E-state index contributed by atoms with van der Waals surface area (Å²) in [5.74, 6) is 0.902. The van der Waals surface area contributed by atoms with Gasteiger partial charge in [0, 0.05) is 5.02 Å². The van der Waals surface area contributed by atoms with Crippen molar-refractivity contribution in [3.8, 4) is 0 Å². The largest absolute Gasteiger partial charge is 0.363 e. The van der Waals surface area contributed by atoms with Gasteiger partial charge in [-0.2, -0.15) is 0 Å². The number of anilines is 1. The molecule has 104 valence electrons. The van der Waals surface area contributed by atoms with E-state index in [1.807, 2.05) is 31.2 Å². The molecule has 4 nitrogen and oxygen atoms in total. The van der Waals surface area contributed by atoms with E-state index in [0.29, 0.717) is 23.0 Å². The van der Waals surface area contributed by atoms with Crippen LogP contribution in [0.1, 0.15) is 34.7 Å². The summed E-state index contributed by atoms with van der Waals surface area (Å²) in [5.41, 5.74) is 1.16. The first-order valence-electron chi connectivity index (χ1n) is 6.03. The highest BCUT2D eigenvalue weighted by molar-refractivity contribution is 6.32. The summed E-state index contributed by atoms with van der Waals surface area (Å²) in [6.07, 6.45) is 0.642. The lowest BCUT2D eigenvalue weighted by Crippen LogP contribution is -2.12. The third kappa shape index (κ3) is 3.08. The van der Waals surface area contributed by atoms with Crippen LogP contribution in [0.2, 0.25) is 10.2 Å². The lowest BCUT2D eigenvalue weighted by Gasteiger charge is -2.17. The van der Waals surface area contributed by atoms with Crippen molar-refractivity contribution >= 4 is 35.3 Å². The minimum atomic E-state index is -0.118. The fourth-order valence-corrected chi connectivity index (χ4v) is 2.43. The van der Waals surface area contributed by atoms with Gasteiger partial charge in [-0.3, -0.25) is 4.79 Å². The second-order valence-electron chi connectivity index (χ2n) is 4.33. The highest BCUT2D eigenvalue weighted by atomic mass is 35.5. The van der Waals surface area contributed by atoms with Crippen LogP contribution in [0.25, 0.3) is 0 Å². The lowest BCUT2D eigenvalue weighted by atomic mass is 10.1. The standard InChI is InChI=1S/C14H13Cl2N3O/c1-8(10-5-3-4-6-12(10)15)17-14-11(7-20)13(16)18-9(2)19-14/h3-8H,1-2H3,(H,17,18,19). The van der Waals surface area contributed by atoms with E-state index in [1.54, 1.807) is 6.92 Å². The second-order valence-corrected chi connectivity index (χ2v) is 5.09. The van der Waals surface area contributed by atoms with Gasteiger partial charge < -0.3 is 5.32 Å². The van der Waals surface area contributed by atoms with Gasteiger partial charge in [-0.25, -0.2) is 9.97 Å². The maximum Gasteiger partial charge on any atom is 0.156 e. The molecule has 0 spiro atoms. The lowest BCUT2D eigenvalue weighted by molar-refractivity contribution is 0.112. The summed E-state index contributed by atoms with van der Waals surface area (Å²) in [5, 5.41) is 3.94. The molecule has 1 aromatic heterocycles. The van der Waals surface area contributed by atoms with Crippen molar-refractivity contribution in [2.45, 2.75) is 19.9 Å². The maximum atomic E-state index is 11.1. The Hall–Kier alpha value is -1.65. The molecule has 0 amide bonds. The highest BCUT2D eigenvalue weighted by Crippen LogP contribution is 2.27. The van der Waals surface area contributed by atoms with Crippen LogP contribution in [0.5, 0.6) is 0 Å². The Balaban J connectivity index is 2.35. The van der Waals surface area contributed by atoms with Crippen LogP contribution in [-0.4, -0.2) is 16.3 Å². The number of nitrogens with one attached hydrogen (secondary N) is 1. The summed E-state index contributed by atoms with van der Waals surface area (Å²) in [7, 11) is 0. The first-order valence-corrected chi connectivity index (χ1v) is 6.78. The number of aryl methyl sites for hydroxylation is 1. The molecule has 0 aliphatic carbocycles. The Bertz CT molecular complexity index is 646. The number of aldehydes is 1. The molecule has 2 rings (SSSR count). The monoisotopic (exact) mass is 309 g/mol. The van der Waals surface area contributed by atoms with Crippen molar-refractivity contribution < 1.29 is 4.79 Å². The summed E-state index contributed by atoms with van der Waals surface area (Å²) in [4.78, 5) is 19.3. The molecule has 6 heteroatoms. The molecule has 0 aliphatic rings. The minimum Gasteiger partial charge on any atom is -0.363 e. The SMILES string of the molecule is Cc1nc(Cl)c(C=O)c(NC(C)c2ccccc2Cl)n1. The van der Waals surface area contributed by atoms with E-state index in [1.165, 1.54) is 0 Å². The van der Waals surface area contributed by atoms with Gasteiger partial charge in [0.25, 0.3) is 0 Å². The highest BCUT2D eigenvalue weighted by Gasteiger charge is 2.15. The van der Waals surface area contributed by atoms with Crippen LogP contribution in [-0.2, 0) is 0 Å². The number of rotatable bonds is 4. The molecule has 1 unspecified atom stereocenters. The van der Waals surface area contributed by atoms with Crippen LogP contribution in [0.4, 0.5) is 5.82 Å². The first-order chi connectivity index (χ1) is 9.52. The predicted octanol–water partition coefficient (Wildman–Crippen LogP) is 4.08. The van der Waals surface area contributed by atoms with Gasteiger partial charge in [0.05, 0.1) is 11.6 Å². The third-order valence-corrected chi connectivity index (χ3v) is 3.49. The number of benzene rings is 1. The van der Waals surface area contributed by atoms with Crippen LogP contribution >= 0.6 is 23.2 Å². The van der Waals surface area contributed by atoms with Gasteiger partial charge in [-0.15, -0.1) is 0 Å². The van der Waals surface area contributed by atoms with Crippen molar-refractivity contribution in [2.75, 3.05) is 5.32 Å². The van der Waals surface area contributed by atoms with Gasteiger partial charge in [-0.1, -0.05) is 41.4 Å². The molecule has 1 heterocycles. The third-order valence-electron chi connectivity index (χ3n) is 2.85. The van der Waals surface area contributed by atoms with Crippen LogP contribution in [0.3, 0.4) is 0 Å². The number of hydrogen-bond acceptors (Lipinski definition) is 4. The molecule has 2 aromatic rings. The van der Waals surface area contributed by atoms with Crippen LogP contribution in [0, 0.1) is 6.92 Å². The Morgan fingerprint density at radius 1 is 1.25 bits per heavy atom. The molecule has 0 bridgehead atoms. The first kappa shape index (κ1) is 14.8. The van der Waals surface area contributed by atoms with E-state index >= 15 is 0 Å². The Kier molecular flexibility index (Phi) is 4.57. The molecule has 0 radical (unpaired) electrons. The van der Waals surface area contributed by atoms with Crippen molar-refractivity contribution in [1.82, 2.24) is 9.97 Å². The molecular weight excluding hydrogens is 297 g/mol. The van der Waals surface area contributed by atoms with E-state index in [2.05, 4.69) is 15.3 Å². The number of aromatic nitrogens is 2. The Morgan fingerprint density at radius 2 is 1.95 bits per heavy atom. The number of carbonyl (C=O) groups excluding carboxylic acids is 1. The molecule has 1 atom stereocenters. The van der Waals surface area contributed by atoms with Crippen molar-refractivity contribution in [3.63, 3.8) is 0 Å². The normalized spacial score (nSPS) is 12.0. The van der Waals surface area contributed by atoms with Gasteiger partial charge >= 0.3 is 0 Å². The van der Waals surface area contributed by atoms with Gasteiger partial charge in [0.2, 0.25) is 0 Å². The van der Waals surface area contributed by atoms with E-state index < -0.39 is 0 Å². The van der Waals surface area contributed by atoms with E-state index in [-0.39, 0.29) is 16.8 Å². The maximum absolute atomic E-state index is 11.1. The summed E-state index contributed by atoms with van der Waals surface area (Å²) in [6, 6.07) is 7.37. The number of hydrogen-bond donors (Lipinski definition) is 1. The molecule has 0 fully saturated rings. The fraction of sp³-hybridized carbons (Fsp3) is 0.214. The van der Waals surface area contributed by atoms with Gasteiger partial charge in [-0.05, 0) is 25.5 Å². The summed E-state index contributed by atoms with van der Waals surface area (Å²) < 4.78 is 0. The average Bonchev–Trinajstić information content (AvgIpc) is 2.38. The van der Waals surface area contributed by atoms with Crippen molar-refractivity contribution in [1.29, 1.82) is 0 Å². The molecule has 20 heavy (non-hydrogen) atoms. The van der Waals surface area contributed by atoms with E-state index in [4.69, 9.17) is 23.2 Å². The summed E-state index contributed by atoms with van der Waals surface area (Å²) >= 11 is 12.1. The fourth-order valence-electron chi connectivity index (χ4n) is 1.87. The predicted molar refractivity (Wildman–Crippen MR) is 80.7 cm³/mol. The van der Waals surface area contributed by atoms with Crippen molar-refractivity contribution in [2.24, 2.45) is 0 Å². The zero-order valence-corrected chi connectivity index (χ0v) is 12.5. The van der Waals surface area contributed by atoms with Gasteiger partial charge in [0.15, 0.2) is 6.29 Å². The molecule has 0 saturated carbocycles. The zero-order chi connectivity index (χ0) is 14.7. The quantitative estimate of drug-likeness (QED) is 0.683. The zero-order valence-electron chi connectivity index (χ0n) is 11.0. The second kappa shape index (κ2) is 6.20. The number of carbonyl (C=O) groups is 1. The topological polar surface area (TPSA) is 54.9 Å².